The summed E-state index contributed by atoms with van der Waals surface area (Å²) in [6.07, 6.45) is 7.21. The normalized spacial score (nSPS) is 57.9. The van der Waals surface area contributed by atoms with Crippen molar-refractivity contribution in [2.75, 3.05) is 0 Å². The lowest BCUT2D eigenvalue weighted by molar-refractivity contribution is -0.156. The van der Waals surface area contributed by atoms with Crippen LogP contribution in [0.3, 0.4) is 0 Å². The van der Waals surface area contributed by atoms with Crippen LogP contribution in [-0.2, 0) is 4.79 Å². The van der Waals surface area contributed by atoms with E-state index in [2.05, 4.69) is 13.8 Å². The zero-order chi connectivity index (χ0) is 15.7. The largest absolute Gasteiger partial charge is 0.393 e. The van der Waals surface area contributed by atoms with Gasteiger partial charge >= 0.3 is 0 Å². The Morgan fingerprint density at radius 2 is 1.68 bits per heavy atom. The Balaban J connectivity index is 1.65. The highest BCUT2D eigenvalue weighted by Gasteiger charge is 2.60. The monoisotopic (exact) mass is 306 g/mol. The van der Waals surface area contributed by atoms with Gasteiger partial charge in [0.25, 0.3) is 0 Å². The maximum Gasteiger partial charge on any atom is 0.161 e. The number of hydrogen-bond donors (Lipinski definition) is 2. The molecule has 0 amide bonds. The Morgan fingerprint density at radius 1 is 0.955 bits per heavy atom. The number of carbonyl (C=O) groups is 1. The first-order valence-corrected chi connectivity index (χ1v) is 9.25. The maximum atomic E-state index is 12.2. The minimum Gasteiger partial charge on any atom is -0.393 e. The van der Waals surface area contributed by atoms with Crippen LogP contribution in [0, 0.1) is 34.5 Å². The molecule has 4 fully saturated rings. The molecule has 4 saturated carbocycles. The van der Waals surface area contributed by atoms with Crippen molar-refractivity contribution in [3.05, 3.63) is 0 Å². The van der Waals surface area contributed by atoms with Gasteiger partial charge in [0, 0.05) is 6.42 Å². The number of rotatable bonds is 0. The van der Waals surface area contributed by atoms with E-state index < -0.39 is 6.10 Å². The molecule has 0 radical (unpaired) electrons. The van der Waals surface area contributed by atoms with Gasteiger partial charge in [-0.15, -0.1) is 0 Å². The van der Waals surface area contributed by atoms with Gasteiger partial charge in [-0.3, -0.25) is 4.79 Å². The second kappa shape index (κ2) is 4.80. The highest BCUT2D eigenvalue weighted by molar-refractivity contribution is 5.84. The molecule has 124 valence electrons. The predicted molar refractivity (Wildman–Crippen MR) is 84.1 cm³/mol. The zero-order valence-corrected chi connectivity index (χ0v) is 13.9. The molecule has 0 aromatic heterocycles. The van der Waals surface area contributed by atoms with E-state index in [0.717, 1.165) is 32.1 Å². The molecule has 22 heavy (non-hydrogen) atoms. The molecule has 0 aromatic carbocycles. The van der Waals surface area contributed by atoms with Crippen molar-refractivity contribution in [1.29, 1.82) is 0 Å². The second-order valence-corrected chi connectivity index (χ2v) is 9.19. The lowest BCUT2D eigenvalue weighted by Gasteiger charge is -2.60. The molecule has 4 aliphatic rings. The number of fused-ring (bicyclic) bond motifs is 5. The summed E-state index contributed by atoms with van der Waals surface area (Å²) < 4.78 is 0. The minimum atomic E-state index is -0.711. The van der Waals surface area contributed by atoms with E-state index in [9.17, 15) is 15.0 Å². The summed E-state index contributed by atoms with van der Waals surface area (Å²) in [6.45, 7) is 4.63. The molecule has 8 atom stereocenters. The average molecular weight is 306 g/mol. The summed E-state index contributed by atoms with van der Waals surface area (Å²) in [5, 5.41) is 20.4. The predicted octanol–water partition coefficient (Wildman–Crippen LogP) is 2.93. The van der Waals surface area contributed by atoms with Crippen LogP contribution < -0.4 is 0 Å². The van der Waals surface area contributed by atoms with Gasteiger partial charge in [0.05, 0.1) is 6.10 Å². The van der Waals surface area contributed by atoms with Crippen LogP contribution in [0.4, 0.5) is 0 Å². The second-order valence-electron chi connectivity index (χ2n) is 9.19. The smallest absolute Gasteiger partial charge is 0.161 e. The van der Waals surface area contributed by atoms with E-state index in [1.54, 1.807) is 0 Å². The van der Waals surface area contributed by atoms with Crippen molar-refractivity contribution >= 4 is 5.78 Å². The standard InChI is InChI=1S/C19H30O3/c1-18-8-7-14-12(13(18)5-6-17(18)22)4-3-11-9-15(20)16(21)10-19(11,14)2/h11-15,17,20,22H,3-10H2,1-2H3/t11?,12-,13-,14-,15?,17-,18-,19-/m0/s1. The Kier molecular flexibility index (Phi) is 3.30. The molecular formula is C19H30O3. The number of aliphatic hydroxyl groups excluding tert-OH is 2. The van der Waals surface area contributed by atoms with Gasteiger partial charge in [-0.25, -0.2) is 0 Å². The van der Waals surface area contributed by atoms with Crippen LogP contribution in [0.2, 0.25) is 0 Å². The van der Waals surface area contributed by atoms with Gasteiger partial charge in [0.1, 0.15) is 6.10 Å². The molecule has 0 saturated heterocycles. The third kappa shape index (κ3) is 1.84. The van der Waals surface area contributed by atoms with Gasteiger partial charge in [0.15, 0.2) is 5.78 Å². The van der Waals surface area contributed by atoms with Crippen LogP contribution in [0.15, 0.2) is 0 Å². The molecule has 0 bridgehead atoms. The van der Waals surface area contributed by atoms with Gasteiger partial charge in [-0.05, 0) is 79.4 Å². The van der Waals surface area contributed by atoms with E-state index in [-0.39, 0.29) is 22.7 Å². The molecule has 3 heteroatoms. The fraction of sp³-hybridized carbons (Fsp3) is 0.947. The lowest BCUT2D eigenvalue weighted by atomic mass is 9.45. The van der Waals surface area contributed by atoms with Gasteiger partial charge in [-0.1, -0.05) is 13.8 Å². The Morgan fingerprint density at radius 3 is 2.45 bits per heavy atom. The molecule has 4 rings (SSSR count). The van der Waals surface area contributed by atoms with E-state index in [4.69, 9.17) is 0 Å². The topological polar surface area (TPSA) is 57.5 Å². The Hall–Kier alpha value is -0.410. The van der Waals surface area contributed by atoms with Crippen LogP contribution in [0.25, 0.3) is 0 Å². The number of aliphatic hydroxyl groups is 2. The first-order valence-electron chi connectivity index (χ1n) is 9.25. The number of Topliss-reactive ketones (excluding diaryl/α,β-unsaturated/α-hetero) is 1. The van der Waals surface area contributed by atoms with E-state index in [1.807, 2.05) is 0 Å². The summed E-state index contributed by atoms with van der Waals surface area (Å²) >= 11 is 0. The zero-order valence-electron chi connectivity index (χ0n) is 13.9. The van der Waals surface area contributed by atoms with Crippen molar-refractivity contribution in [2.24, 2.45) is 34.5 Å². The summed E-state index contributed by atoms with van der Waals surface area (Å²) in [6, 6.07) is 0. The molecule has 2 unspecified atom stereocenters. The van der Waals surface area contributed by atoms with Gasteiger partial charge in [-0.2, -0.15) is 0 Å². The van der Waals surface area contributed by atoms with Crippen molar-refractivity contribution in [2.45, 2.75) is 77.4 Å². The molecule has 0 aromatic rings. The first kappa shape index (κ1) is 15.1. The van der Waals surface area contributed by atoms with Crippen molar-refractivity contribution in [3.63, 3.8) is 0 Å². The van der Waals surface area contributed by atoms with Crippen molar-refractivity contribution in [3.8, 4) is 0 Å². The van der Waals surface area contributed by atoms with Gasteiger partial charge < -0.3 is 10.2 Å². The van der Waals surface area contributed by atoms with Gasteiger partial charge in [0.2, 0.25) is 0 Å². The van der Waals surface area contributed by atoms with Crippen LogP contribution in [-0.4, -0.2) is 28.2 Å². The molecule has 0 aliphatic heterocycles. The molecule has 3 nitrogen and oxygen atoms in total. The maximum absolute atomic E-state index is 12.2. The fourth-order valence-electron chi connectivity index (χ4n) is 7.06. The SMILES string of the molecule is C[C@]12CC[C@H]3[C@@H](CCC4CC(O)C(=O)C[C@@]43C)[C@@H]1CC[C@@H]2O. The first-order chi connectivity index (χ1) is 10.4. The van der Waals surface area contributed by atoms with E-state index >= 15 is 0 Å². The summed E-state index contributed by atoms with van der Waals surface area (Å²) in [4.78, 5) is 12.2. The number of ketones is 1. The van der Waals surface area contributed by atoms with Crippen molar-refractivity contribution < 1.29 is 15.0 Å². The Bertz CT molecular complexity index is 489. The van der Waals surface area contributed by atoms with Crippen LogP contribution in [0.5, 0.6) is 0 Å². The van der Waals surface area contributed by atoms with Crippen LogP contribution in [0.1, 0.15) is 65.2 Å². The molecule has 0 spiro atoms. The van der Waals surface area contributed by atoms with Crippen LogP contribution >= 0.6 is 0 Å². The summed E-state index contributed by atoms with van der Waals surface area (Å²) in [5.41, 5.74) is 0.205. The molecular weight excluding hydrogens is 276 g/mol. The Labute approximate surface area is 133 Å². The molecule has 2 N–H and O–H groups in total. The highest BCUT2D eigenvalue weighted by atomic mass is 16.3. The van der Waals surface area contributed by atoms with E-state index in [1.165, 1.54) is 6.42 Å². The molecule has 0 heterocycles. The van der Waals surface area contributed by atoms with Crippen molar-refractivity contribution in [1.82, 2.24) is 0 Å². The average Bonchev–Trinajstić information content (AvgIpc) is 2.77. The third-order valence-electron chi connectivity index (χ3n) is 8.45. The fourth-order valence-corrected chi connectivity index (χ4v) is 7.06. The summed E-state index contributed by atoms with van der Waals surface area (Å²) in [7, 11) is 0. The third-order valence-corrected chi connectivity index (χ3v) is 8.45. The quantitative estimate of drug-likeness (QED) is 0.723. The van der Waals surface area contributed by atoms with E-state index in [0.29, 0.717) is 36.5 Å². The highest BCUT2D eigenvalue weighted by Crippen LogP contribution is 2.65. The number of hydrogen-bond acceptors (Lipinski definition) is 3. The lowest BCUT2D eigenvalue weighted by Crippen LogP contribution is -2.56. The molecule has 4 aliphatic carbocycles. The number of carbonyl (C=O) groups excluding carboxylic acids is 1. The minimum absolute atomic E-state index is 0.0687. The summed E-state index contributed by atoms with van der Waals surface area (Å²) in [5.74, 6) is 2.52.